The van der Waals surface area contributed by atoms with Crippen LogP contribution in [0.3, 0.4) is 0 Å². The van der Waals surface area contributed by atoms with Crippen molar-refractivity contribution < 1.29 is 22.7 Å². The van der Waals surface area contributed by atoms with E-state index in [1.165, 1.54) is 0 Å². The SMILES string of the molecule is CCOC(=O)c1ccccc1OCCCS(=O)(=O)Cl. The Morgan fingerprint density at radius 3 is 2.63 bits per heavy atom. The van der Waals surface area contributed by atoms with Crippen LogP contribution in [0.15, 0.2) is 24.3 Å². The van der Waals surface area contributed by atoms with Crippen LogP contribution >= 0.6 is 10.7 Å². The highest BCUT2D eigenvalue weighted by Gasteiger charge is 2.13. The molecule has 0 unspecified atom stereocenters. The van der Waals surface area contributed by atoms with Gasteiger partial charge in [0.25, 0.3) is 0 Å². The van der Waals surface area contributed by atoms with Gasteiger partial charge in [-0.2, -0.15) is 0 Å². The molecule has 0 atom stereocenters. The fourth-order valence-corrected chi connectivity index (χ4v) is 2.17. The van der Waals surface area contributed by atoms with Crippen LogP contribution in [0.2, 0.25) is 0 Å². The second kappa shape index (κ2) is 7.35. The molecule has 1 rings (SSSR count). The molecule has 0 heterocycles. The van der Waals surface area contributed by atoms with Crippen molar-refractivity contribution in [2.45, 2.75) is 13.3 Å². The first-order valence-corrected chi connectivity index (χ1v) is 8.23. The Kier molecular flexibility index (Phi) is 6.11. The van der Waals surface area contributed by atoms with Gasteiger partial charge in [-0.25, -0.2) is 13.2 Å². The number of ether oxygens (including phenoxy) is 2. The summed E-state index contributed by atoms with van der Waals surface area (Å²) in [4.78, 5) is 11.6. The van der Waals surface area contributed by atoms with Crippen LogP contribution in [-0.2, 0) is 13.8 Å². The summed E-state index contributed by atoms with van der Waals surface area (Å²) in [5.74, 6) is -0.271. The third kappa shape index (κ3) is 5.94. The second-order valence-corrected chi connectivity index (χ2v) is 6.56. The fourth-order valence-electron chi connectivity index (χ4n) is 1.38. The predicted octanol–water partition coefficient (Wildman–Crippen LogP) is 2.20. The second-order valence-electron chi connectivity index (χ2n) is 3.66. The van der Waals surface area contributed by atoms with Crippen molar-refractivity contribution in [2.75, 3.05) is 19.0 Å². The standard InChI is InChI=1S/C12H15ClO5S/c1-2-17-12(14)10-6-3-4-7-11(10)18-8-5-9-19(13,15)16/h3-4,6-7H,2,5,8-9H2,1H3. The topological polar surface area (TPSA) is 69.7 Å². The molecule has 0 amide bonds. The normalized spacial score (nSPS) is 11.1. The Balaban J connectivity index is 2.61. The van der Waals surface area contributed by atoms with Crippen LogP contribution in [-0.4, -0.2) is 33.4 Å². The average Bonchev–Trinajstić information content (AvgIpc) is 2.34. The molecular weight excluding hydrogens is 292 g/mol. The number of para-hydroxylation sites is 1. The zero-order chi connectivity index (χ0) is 14.3. The van der Waals surface area contributed by atoms with Gasteiger partial charge >= 0.3 is 5.97 Å². The molecule has 0 spiro atoms. The number of carbonyl (C=O) groups excluding carboxylic acids is 1. The quantitative estimate of drug-likeness (QED) is 0.439. The number of benzene rings is 1. The minimum atomic E-state index is -3.51. The van der Waals surface area contributed by atoms with Crippen molar-refractivity contribution in [1.82, 2.24) is 0 Å². The summed E-state index contributed by atoms with van der Waals surface area (Å²) in [5, 5.41) is 0. The molecule has 19 heavy (non-hydrogen) atoms. The van der Waals surface area contributed by atoms with E-state index >= 15 is 0 Å². The van der Waals surface area contributed by atoms with Gasteiger partial charge in [-0.1, -0.05) is 12.1 Å². The molecule has 0 saturated heterocycles. The summed E-state index contributed by atoms with van der Waals surface area (Å²) >= 11 is 0. The molecule has 0 fully saturated rings. The number of halogens is 1. The molecule has 0 saturated carbocycles. The van der Waals surface area contributed by atoms with Crippen molar-refractivity contribution >= 4 is 25.7 Å². The lowest BCUT2D eigenvalue weighted by Gasteiger charge is -2.10. The highest BCUT2D eigenvalue weighted by atomic mass is 35.7. The maximum absolute atomic E-state index is 11.6. The first kappa shape index (κ1) is 15.8. The zero-order valence-corrected chi connectivity index (χ0v) is 12.0. The average molecular weight is 307 g/mol. The van der Waals surface area contributed by atoms with Gasteiger partial charge in [0.15, 0.2) is 0 Å². The summed E-state index contributed by atoms with van der Waals surface area (Å²) in [5.41, 5.74) is 0.318. The van der Waals surface area contributed by atoms with Crippen molar-refractivity contribution in [1.29, 1.82) is 0 Å². The van der Waals surface area contributed by atoms with Crippen LogP contribution in [0.4, 0.5) is 0 Å². The van der Waals surface area contributed by atoms with E-state index < -0.39 is 15.0 Å². The molecule has 5 nitrogen and oxygen atoms in total. The Bertz CT molecular complexity index is 527. The molecule has 0 aliphatic carbocycles. The van der Waals surface area contributed by atoms with Crippen LogP contribution < -0.4 is 4.74 Å². The highest BCUT2D eigenvalue weighted by molar-refractivity contribution is 8.13. The molecule has 0 bridgehead atoms. The van der Waals surface area contributed by atoms with Crippen LogP contribution in [0.1, 0.15) is 23.7 Å². The predicted molar refractivity (Wildman–Crippen MR) is 72.2 cm³/mol. The largest absolute Gasteiger partial charge is 0.493 e. The van der Waals surface area contributed by atoms with E-state index in [9.17, 15) is 13.2 Å². The monoisotopic (exact) mass is 306 g/mol. The molecule has 0 radical (unpaired) electrons. The summed E-state index contributed by atoms with van der Waals surface area (Å²) < 4.78 is 31.7. The number of hydrogen-bond acceptors (Lipinski definition) is 5. The van der Waals surface area contributed by atoms with E-state index in [1.807, 2.05) is 0 Å². The molecule has 0 aliphatic rings. The lowest BCUT2D eigenvalue weighted by Crippen LogP contribution is -2.10. The van der Waals surface area contributed by atoms with Gasteiger partial charge < -0.3 is 9.47 Å². The molecule has 1 aromatic carbocycles. The minimum Gasteiger partial charge on any atom is -0.493 e. The zero-order valence-electron chi connectivity index (χ0n) is 10.5. The number of carbonyl (C=O) groups is 1. The molecule has 0 N–H and O–H groups in total. The van der Waals surface area contributed by atoms with Crippen LogP contribution in [0.5, 0.6) is 5.75 Å². The van der Waals surface area contributed by atoms with Gasteiger partial charge in [-0.05, 0) is 25.5 Å². The molecular formula is C12H15ClO5S. The molecule has 106 valence electrons. The number of rotatable bonds is 7. The van der Waals surface area contributed by atoms with Crippen molar-refractivity contribution in [3.8, 4) is 5.75 Å². The maximum Gasteiger partial charge on any atom is 0.341 e. The molecule has 7 heteroatoms. The van der Waals surface area contributed by atoms with Gasteiger partial charge in [-0.3, -0.25) is 0 Å². The number of esters is 1. The summed E-state index contributed by atoms with van der Waals surface area (Å²) in [6.07, 6.45) is 0.253. The Labute approximate surface area is 116 Å². The third-order valence-corrected chi connectivity index (χ3v) is 3.41. The Morgan fingerprint density at radius 2 is 2.00 bits per heavy atom. The fraction of sp³-hybridized carbons (Fsp3) is 0.417. The lowest BCUT2D eigenvalue weighted by molar-refractivity contribution is 0.0521. The summed E-state index contributed by atoms with van der Waals surface area (Å²) in [6.45, 7) is 2.15. The van der Waals surface area contributed by atoms with Crippen molar-refractivity contribution in [2.24, 2.45) is 0 Å². The summed E-state index contributed by atoms with van der Waals surface area (Å²) in [7, 11) is 1.57. The minimum absolute atomic E-state index is 0.155. The van der Waals surface area contributed by atoms with E-state index in [-0.39, 0.29) is 25.4 Å². The van der Waals surface area contributed by atoms with E-state index in [2.05, 4.69) is 0 Å². The van der Waals surface area contributed by atoms with Gasteiger partial charge in [0, 0.05) is 10.7 Å². The molecule has 1 aromatic rings. The van der Waals surface area contributed by atoms with Gasteiger partial charge in [0.2, 0.25) is 9.05 Å². The van der Waals surface area contributed by atoms with Crippen molar-refractivity contribution in [3.63, 3.8) is 0 Å². The number of hydrogen-bond donors (Lipinski definition) is 0. The summed E-state index contributed by atoms with van der Waals surface area (Å²) in [6, 6.07) is 6.63. The smallest absolute Gasteiger partial charge is 0.341 e. The van der Waals surface area contributed by atoms with Crippen LogP contribution in [0.25, 0.3) is 0 Å². The maximum atomic E-state index is 11.6. The highest BCUT2D eigenvalue weighted by Crippen LogP contribution is 2.19. The molecule has 0 aliphatic heterocycles. The van der Waals surface area contributed by atoms with E-state index in [0.29, 0.717) is 11.3 Å². The van der Waals surface area contributed by atoms with E-state index in [1.54, 1.807) is 31.2 Å². The van der Waals surface area contributed by atoms with E-state index in [4.69, 9.17) is 20.2 Å². The van der Waals surface area contributed by atoms with Crippen LogP contribution in [0, 0.1) is 0 Å². The van der Waals surface area contributed by atoms with Crippen molar-refractivity contribution in [3.05, 3.63) is 29.8 Å². The van der Waals surface area contributed by atoms with Gasteiger partial charge in [0.1, 0.15) is 11.3 Å². The molecule has 0 aromatic heterocycles. The Hall–Kier alpha value is -1.27. The Morgan fingerprint density at radius 1 is 1.32 bits per heavy atom. The third-order valence-electron chi connectivity index (χ3n) is 2.17. The van der Waals surface area contributed by atoms with Gasteiger partial charge in [-0.15, -0.1) is 0 Å². The van der Waals surface area contributed by atoms with Gasteiger partial charge in [0.05, 0.1) is 19.0 Å². The first-order chi connectivity index (χ1) is 8.94. The van der Waals surface area contributed by atoms with E-state index in [0.717, 1.165) is 0 Å². The first-order valence-electron chi connectivity index (χ1n) is 5.75. The lowest BCUT2D eigenvalue weighted by atomic mass is 10.2.